The Bertz CT molecular complexity index is 1380. The van der Waals surface area contributed by atoms with Crippen molar-refractivity contribution in [2.75, 3.05) is 25.6 Å². The van der Waals surface area contributed by atoms with E-state index < -0.39 is 65.4 Å². The third-order valence-corrected chi connectivity index (χ3v) is 6.47. The Morgan fingerprint density at radius 3 is 2.21 bits per heavy atom. The summed E-state index contributed by atoms with van der Waals surface area (Å²) in [5, 5.41) is 12.0. The average molecular weight is 690 g/mol. The van der Waals surface area contributed by atoms with Crippen LogP contribution in [0.2, 0.25) is 0 Å². The fourth-order valence-corrected chi connectivity index (χ4v) is 3.87. The van der Waals surface area contributed by atoms with Crippen LogP contribution in [0.4, 0.5) is 32.0 Å². The van der Waals surface area contributed by atoms with Gasteiger partial charge in [0.1, 0.15) is 0 Å². The van der Waals surface area contributed by atoms with Crippen LogP contribution in [0, 0.1) is 0 Å². The summed E-state index contributed by atoms with van der Waals surface area (Å²) >= 11 is 0. The van der Waals surface area contributed by atoms with Gasteiger partial charge in [-0.1, -0.05) is 44.2 Å². The molecule has 9 nitrogen and oxygen atoms in total. The number of carbonyl (C=O) groups is 1. The Balaban J connectivity index is 0.00000129. The Morgan fingerprint density at radius 2 is 1.71 bits per heavy atom. The summed E-state index contributed by atoms with van der Waals surface area (Å²) in [7, 11) is 1.71. The highest BCUT2D eigenvalue weighted by atomic mass is 19.4. The monoisotopic (exact) mass is 689 g/mol. The fourth-order valence-electron chi connectivity index (χ4n) is 3.87. The Labute approximate surface area is 277 Å². The number of nitrogens with zero attached hydrogens (tertiary/aromatic N) is 3. The molecule has 1 aliphatic rings. The number of alkyl halides is 6. The van der Waals surface area contributed by atoms with Gasteiger partial charge in [-0.2, -0.15) is 26.3 Å². The zero-order chi connectivity index (χ0) is 36.6. The Hall–Kier alpha value is -3.82. The van der Waals surface area contributed by atoms with E-state index in [0.29, 0.717) is 24.5 Å². The van der Waals surface area contributed by atoms with E-state index in [9.17, 15) is 31.1 Å². The number of rotatable bonds is 14. The van der Waals surface area contributed by atoms with Gasteiger partial charge in [0, 0.05) is 20.1 Å². The summed E-state index contributed by atoms with van der Waals surface area (Å²) in [5.41, 5.74) is -5.16. The molecular formula is C33H45F6N5O4. The first-order chi connectivity index (χ1) is 22.5. The molecule has 15 heteroatoms. The van der Waals surface area contributed by atoms with Gasteiger partial charge in [0.05, 0.1) is 29.2 Å². The van der Waals surface area contributed by atoms with Crippen LogP contribution in [0.5, 0.6) is 0 Å². The van der Waals surface area contributed by atoms with E-state index in [1.165, 1.54) is 0 Å². The molecule has 0 spiro atoms. The molecule has 2 aromatic rings. The van der Waals surface area contributed by atoms with Crippen molar-refractivity contribution in [1.82, 2.24) is 20.5 Å². The quantitative estimate of drug-likeness (QED) is 0.0880. The van der Waals surface area contributed by atoms with Gasteiger partial charge < -0.3 is 24.5 Å². The number of carbonyl (C=O) groups excluding carboxylic acids is 1. The van der Waals surface area contributed by atoms with Crippen LogP contribution in [-0.4, -0.2) is 53.6 Å². The van der Waals surface area contributed by atoms with Crippen LogP contribution < -0.4 is 10.6 Å². The summed E-state index contributed by atoms with van der Waals surface area (Å²) in [6, 6.07) is 0.601. The lowest BCUT2D eigenvalue weighted by molar-refractivity contribution is -0.289. The molecule has 1 atom stereocenters. The van der Waals surface area contributed by atoms with E-state index in [2.05, 4.69) is 39.0 Å². The molecule has 0 aliphatic heterocycles. The molecular weight excluding hydrogens is 644 g/mol. The van der Waals surface area contributed by atoms with Crippen molar-refractivity contribution in [3.05, 3.63) is 72.3 Å². The van der Waals surface area contributed by atoms with E-state index >= 15 is 0 Å². The van der Waals surface area contributed by atoms with E-state index in [-0.39, 0.29) is 25.1 Å². The van der Waals surface area contributed by atoms with Crippen LogP contribution in [0.25, 0.3) is 11.6 Å². The highest BCUT2D eigenvalue weighted by molar-refractivity contribution is 5.81. The molecule has 268 valence electrons. The lowest BCUT2D eigenvalue weighted by Gasteiger charge is -2.32. The Kier molecular flexibility index (Phi) is 16.9. The maximum Gasteiger partial charge on any atom is 0.426 e. The molecule has 3 rings (SSSR count). The van der Waals surface area contributed by atoms with Crippen molar-refractivity contribution in [3.8, 4) is 11.6 Å². The lowest BCUT2D eigenvalue weighted by atomic mass is 9.98. The number of methoxy groups -OCH3 is 1. The maximum atomic E-state index is 14.5. The van der Waals surface area contributed by atoms with Crippen LogP contribution in [0.3, 0.4) is 0 Å². The van der Waals surface area contributed by atoms with Gasteiger partial charge in [-0.15, -0.1) is 23.4 Å². The highest BCUT2D eigenvalue weighted by Crippen LogP contribution is 2.46. The molecule has 48 heavy (non-hydrogen) atoms. The van der Waals surface area contributed by atoms with Crippen LogP contribution >= 0.6 is 0 Å². The summed E-state index contributed by atoms with van der Waals surface area (Å²) in [6.45, 7) is 16.5. The van der Waals surface area contributed by atoms with Crippen LogP contribution in [0.15, 0.2) is 59.6 Å². The fraction of sp³-hybridized carbons (Fsp3) is 0.515. The maximum absolute atomic E-state index is 14.5. The number of halogens is 6. The SMILES string of the molecule is C=CCCNCc1nc(-c2nnc(C(CC=C)(OCC3=CCCC=C3)C(F)(F)F)o2)c(NC=O)cc1C(F)(F)F.CC.COC(C)(C)C. The topological polar surface area (TPSA) is 111 Å². The van der Waals surface area contributed by atoms with Gasteiger partial charge in [0.25, 0.3) is 11.8 Å². The summed E-state index contributed by atoms with van der Waals surface area (Å²) in [5.74, 6) is -1.65. The van der Waals surface area contributed by atoms with E-state index in [4.69, 9.17) is 13.9 Å². The summed E-state index contributed by atoms with van der Waals surface area (Å²) < 4.78 is 101. The molecule has 1 aliphatic carbocycles. The molecule has 2 heterocycles. The zero-order valence-corrected chi connectivity index (χ0v) is 28.1. The van der Waals surface area contributed by atoms with Gasteiger partial charge in [0.15, 0.2) is 5.69 Å². The van der Waals surface area contributed by atoms with Crippen molar-refractivity contribution >= 4 is 12.1 Å². The lowest BCUT2D eigenvalue weighted by Crippen LogP contribution is -2.45. The number of pyridine rings is 1. The summed E-state index contributed by atoms with van der Waals surface area (Å²) in [4.78, 5) is 15.1. The van der Waals surface area contributed by atoms with Crippen molar-refractivity contribution in [2.24, 2.45) is 0 Å². The predicted octanol–water partition coefficient (Wildman–Crippen LogP) is 8.47. The zero-order valence-electron chi connectivity index (χ0n) is 28.1. The number of ether oxygens (including phenoxy) is 2. The molecule has 0 saturated heterocycles. The molecule has 0 bridgehead atoms. The van der Waals surface area contributed by atoms with Gasteiger partial charge in [0.2, 0.25) is 12.0 Å². The molecule has 0 fully saturated rings. The van der Waals surface area contributed by atoms with Crippen molar-refractivity contribution < 1.29 is 45.0 Å². The molecule has 2 aromatic heterocycles. The van der Waals surface area contributed by atoms with Gasteiger partial charge >= 0.3 is 12.4 Å². The number of allylic oxidation sites excluding steroid dienone is 2. The number of anilines is 1. The molecule has 0 radical (unpaired) electrons. The minimum atomic E-state index is -5.05. The first kappa shape index (κ1) is 42.2. The smallest absolute Gasteiger partial charge is 0.416 e. The molecule has 0 aromatic carbocycles. The number of aromatic nitrogens is 3. The summed E-state index contributed by atoms with van der Waals surface area (Å²) in [6.07, 6.45) is -1.05. The van der Waals surface area contributed by atoms with E-state index in [1.54, 1.807) is 31.4 Å². The minimum Gasteiger partial charge on any atom is -0.416 e. The standard InChI is InChI=1S/C26H27F6N5O3.C5H12O.C2H6/c1-3-5-12-33-14-20-18(25(27,28)29)13-19(34-16-38)21(35-20)22-36-37-23(40-22)24(11-4-2,26(30,31)32)39-15-17-9-7-6-8-10-17;1-5(2,3)6-4;1-2/h3-4,7,9-10,13,16,33H,1-2,5-6,8,11-12,14-15H2,(H,34,38);1-4H3;1-2H3. The second-order valence-electron chi connectivity index (χ2n) is 11.0. The second-order valence-corrected chi connectivity index (χ2v) is 11.0. The van der Waals surface area contributed by atoms with Gasteiger partial charge in [-0.25, -0.2) is 4.98 Å². The first-order valence-corrected chi connectivity index (χ1v) is 15.2. The minimum absolute atomic E-state index is 0.0417. The van der Waals surface area contributed by atoms with Crippen molar-refractivity contribution in [2.45, 2.75) is 90.4 Å². The number of hydrogen-bond donors (Lipinski definition) is 2. The van der Waals surface area contributed by atoms with Crippen LogP contribution in [0.1, 0.15) is 77.5 Å². The first-order valence-electron chi connectivity index (χ1n) is 15.2. The number of amides is 1. The van der Waals surface area contributed by atoms with E-state index in [1.807, 2.05) is 34.6 Å². The van der Waals surface area contributed by atoms with Crippen LogP contribution in [-0.2, 0) is 32.6 Å². The third kappa shape index (κ3) is 12.3. The predicted molar refractivity (Wildman–Crippen MR) is 172 cm³/mol. The molecule has 1 unspecified atom stereocenters. The normalized spacial score (nSPS) is 14.4. The van der Waals surface area contributed by atoms with Crippen molar-refractivity contribution in [1.29, 1.82) is 0 Å². The largest absolute Gasteiger partial charge is 0.426 e. The highest BCUT2D eigenvalue weighted by Gasteiger charge is 2.61. The average Bonchev–Trinajstić information content (AvgIpc) is 3.52. The third-order valence-electron chi connectivity index (χ3n) is 6.47. The second kappa shape index (κ2) is 19.2. The number of nitrogens with one attached hydrogen (secondary N) is 2. The van der Waals surface area contributed by atoms with Gasteiger partial charge in [-0.3, -0.25) is 4.79 Å². The van der Waals surface area contributed by atoms with Crippen molar-refractivity contribution in [3.63, 3.8) is 0 Å². The van der Waals surface area contributed by atoms with Gasteiger partial charge in [-0.05, 0) is 58.2 Å². The number of hydrogen-bond acceptors (Lipinski definition) is 8. The Morgan fingerprint density at radius 1 is 1.04 bits per heavy atom. The molecule has 0 saturated carbocycles. The van der Waals surface area contributed by atoms with E-state index in [0.717, 1.165) is 12.5 Å². The molecule has 1 amide bonds. The molecule has 2 N–H and O–H groups in total.